The van der Waals surface area contributed by atoms with Crippen LogP contribution in [0.5, 0.6) is 5.88 Å². The number of aldehydes is 1. The number of nitrogens with two attached hydrogens (primary N) is 1. The molecule has 4 nitrogen and oxygen atoms in total. The molecule has 0 fully saturated rings. The van der Waals surface area contributed by atoms with Crippen LogP contribution in [0.4, 0.5) is 22.0 Å². The molecule has 1 rings (SSSR count). The van der Waals surface area contributed by atoms with Crippen LogP contribution in [0, 0.1) is 0 Å². The monoisotopic (exact) mass is 270 g/mol. The van der Waals surface area contributed by atoms with Gasteiger partial charge in [0.05, 0.1) is 5.56 Å². The van der Waals surface area contributed by atoms with Crippen molar-refractivity contribution in [2.24, 2.45) is 5.73 Å². The quantitative estimate of drug-likeness (QED) is 0.672. The van der Waals surface area contributed by atoms with Gasteiger partial charge >= 0.3 is 6.36 Å². The smallest absolute Gasteiger partial charge is 0.387 e. The molecule has 9 heteroatoms. The molecule has 0 aliphatic rings. The SMILES string of the molecule is NCc1cnc(OC(F)(F)F)c(C=O)c1C(F)F. The van der Waals surface area contributed by atoms with E-state index in [2.05, 4.69) is 9.72 Å². The summed E-state index contributed by atoms with van der Waals surface area (Å²) in [6, 6.07) is 0. The fourth-order valence-electron chi connectivity index (χ4n) is 1.29. The van der Waals surface area contributed by atoms with Crippen LogP contribution in [0.2, 0.25) is 0 Å². The Balaban J connectivity index is 3.38. The first kappa shape index (κ1) is 14.3. The number of aromatic nitrogens is 1. The van der Waals surface area contributed by atoms with Crippen molar-refractivity contribution in [3.05, 3.63) is 22.9 Å². The number of pyridine rings is 1. The van der Waals surface area contributed by atoms with Gasteiger partial charge in [0.2, 0.25) is 5.88 Å². The zero-order valence-corrected chi connectivity index (χ0v) is 8.67. The van der Waals surface area contributed by atoms with Crippen molar-refractivity contribution in [3.63, 3.8) is 0 Å². The number of carbonyl (C=O) groups is 1. The van der Waals surface area contributed by atoms with E-state index >= 15 is 0 Å². The highest BCUT2D eigenvalue weighted by Crippen LogP contribution is 2.32. The van der Waals surface area contributed by atoms with Gasteiger partial charge in [0, 0.05) is 18.3 Å². The minimum Gasteiger partial charge on any atom is -0.387 e. The van der Waals surface area contributed by atoms with E-state index in [9.17, 15) is 26.7 Å². The number of hydrogen-bond donors (Lipinski definition) is 1. The Kier molecular flexibility index (Phi) is 4.17. The Hall–Kier alpha value is -1.77. The lowest BCUT2D eigenvalue weighted by Gasteiger charge is -2.14. The van der Waals surface area contributed by atoms with Crippen molar-refractivity contribution >= 4 is 6.29 Å². The van der Waals surface area contributed by atoms with Crippen LogP contribution in [-0.4, -0.2) is 17.6 Å². The number of alkyl halides is 5. The average Bonchev–Trinajstić information content (AvgIpc) is 2.26. The Morgan fingerprint density at radius 1 is 1.44 bits per heavy atom. The molecular formula is C9H7F5N2O2. The van der Waals surface area contributed by atoms with Gasteiger partial charge < -0.3 is 10.5 Å². The molecule has 0 aromatic carbocycles. The summed E-state index contributed by atoms with van der Waals surface area (Å²) < 4.78 is 64.7. The summed E-state index contributed by atoms with van der Waals surface area (Å²) in [5, 5.41) is 0. The van der Waals surface area contributed by atoms with Gasteiger partial charge in [0.15, 0.2) is 6.29 Å². The van der Waals surface area contributed by atoms with Gasteiger partial charge in [0.25, 0.3) is 6.43 Å². The second kappa shape index (κ2) is 5.25. The van der Waals surface area contributed by atoms with Crippen LogP contribution < -0.4 is 10.5 Å². The van der Waals surface area contributed by atoms with Crippen LogP contribution in [0.15, 0.2) is 6.20 Å². The summed E-state index contributed by atoms with van der Waals surface area (Å²) in [4.78, 5) is 13.8. The summed E-state index contributed by atoms with van der Waals surface area (Å²) in [5.74, 6) is -1.22. The zero-order valence-electron chi connectivity index (χ0n) is 8.67. The van der Waals surface area contributed by atoms with Crippen LogP contribution >= 0.6 is 0 Å². The van der Waals surface area contributed by atoms with Crippen molar-refractivity contribution in [1.29, 1.82) is 0 Å². The summed E-state index contributed by atoms with van der Waals surface area (Å²) >= 11 is 0. The number of hydrogen-bond acceptors (Lipinski definition) is 4. The van der Waals surface area contributed by atoms with E-state index < -0.39 is 29.8 Å². The van der Waals surface area contributed by atoms with Crippen LogP contribution in [0.1, 0.15) is 27.9 Å². The van der Waals surface area contributed by atoms with Crippen LogP contribution in [-0.2, 0) is 6.54 Å². The zero-order chi connectivity index (χ0) is 13.9. The Morgan fingerprint density at radius 3 is 2.44 bits per heavy atom. The molecule has 0 saturated heterocycles. The summed E-state index contributed by atoms with van der Waals surface area (Å²) in [5.41, 5.74) is 3.06. The standard InChI is InChI=1S/C9H7F5N2O2/c10-7(11)6-4(1-15)2-16-8(5(6)3-17)18-9(12,13)14/h2-3,7H,1,15H2. The van der Waals surface area contributed by atoms with Gasteiger partial charge in [-0.2, -0.15) is 0 Å². The van der Waals surface area contributed by atoms with Crippen LogP contribution in [0.25, 0.3) is 0 Å². The third kappa shape index (κ3) is 3.13. The number of nitrogens with zero attached hydrogens (tertiary/aromatic N) is 1. The molecule has 2 N–H and O–H groups in total. The minimum atomic E-state index is -5.13. The molecule has 0 radical (unpaired) electrons. The van der Waals surface area contributed by atoms with E-state index in [0.29, 0.717) is 0 Å². The largest absolute Gasteiger partial charge is 0.574 e. The summed E-state index contributed by atoms with van der Waals surface area (Å²) in [7, 11) is 0. The third-order valence-corrected chi connectivity index (χ3v) is 1.97. The molecule has 0 aliphatic carbocycles. The van der Waals surface area contributed by atoms with Crippen molar-refractivity contribution in [3.8, 4) is 5.88 Å². The van der Waals surface area contributed by atoms with Crippen molar-refractivity contribution in [1.82, 2.24) is 4.98 Å². The lowest BCUT2D eigenvalue weighted by molar-refractivity contribution is -0.276. The van der Waals surface area contributed by atoms with Crippen molar-refractivity contribution in [2.45, 2.75) is 19.3 Å². The normalized spacial score (nSPS) is 11.7. The Morgan fingerprint density at radius 2 is 2.06 bits per heavy atom. The van der Waals surface area contributed by atoms with Crippen molar-refractivity contribution in [2.75, 3.05) is 0 Å². The predicted molar refractivity (Wildman–Crippen MR) is 49.2 cm³/mol. The maximum atomic E-state index is 12.7. The second-order valence-corrected chi connectivity index (χ2v) is 3.09. The first-order valence-corrected chi connectivity index (χ1v) is 4.51. The highest BCUT2D eigenvalue weighted by molar-refractivity contribution is 5.81. The van der Waals surface area contributed by atoms with Gasteiger partial charge in [-0.25, -0.2) is 13.8 Å². The lowest BCUT2D eigenvalue weighted by atomic mass is 10.1. The van der Waals surface area contributed by atoms with Gasteiger partial charge in [-0.15, -0.1) is 13.2 Å². The lowest BCUT2D eigenvalue weighted by Crippen LogP contribution is -2.20. The van der Waals surface area contributed by atoms with E-state index in [1.807, 2.05) is 0 Å². The second-order valence-electron chi connectivity index (χ2n) is 3.09. The molecule has 18 heavy (non-hydrogen) atoms. The molecule has 0 aliphatic heterocycles. The van der Waals surface area contributed by atoms with Gasteiger partial charge in [-0.3, -0.25) is 4.79 Å². The molecule has 0 bridgehead atoms. The fraction of sp³-hybridized carbons (Fsp3) is 0.333. The fourth-order valence-corrected chi connectivity index (χ4v) is 1.29. The maximum absolute atomic E-state index is 12.7. The molecule has 1 aromatic heterocycles. The molecule has 1 aromatic rings. The minimum absolute atomic E-state index is 0.172. The molecule has 0 saturated carbocycles. The topological polar surface area (TPSA) is 65.2 Å². The third-order valence-electron chi connectivity index (χ3n) is 1.97. The molecular weight excluding hydrogens is 263 g/mol. The van der Waals surface area contributed by atoms with E-state index in [-0.39, 0.29) is 18.4 Å². The summed E-state index contributed by atoms with van der Waals surface area (Å²) in [6.45, 7) is -0.389. The summed E-state index contributed by atoms with van der Waals surface area (Å²) in [6.07, 6.45) is -7.75. The van der Waals surface area contributed by atoms with E-state index in [0.717, 1.165) is 6.20 Å². The molecule has 0 amide bonds. The van der Waals surface area contributed by atoms with E-state index in [4.69, 9.17) is 5.73 Å². The Labute approximate surface area is 97.6 Å². The average molecular weight is 270 g/mol. The van der Waals surface area contributed by atoms with Gasteiger partial charge in [0.1, 0.15) is 0 Å². The van der Waals surface area contributed by atoms with Crippen LogP contribution in [0.3, 0.4) is 0 Å². The first-order chi connectivity index (χ1) is 8.30. The Bertz CT molecular complexity index is 447. The maximum Gasteiger partial charge on any atom is 0.574 e. The highest BCUT2D eigenvalue weighted by Gasteiger charge is 2.34. The number of halogens is 5. The predicted octanol–water partition coefficient (Wildman–Crippen LogP) is 2.19. The molecule has 0 atom stereocenters. The molecule has 1 heterocycles. The number of ether oxygens (including phenoxy) is 1. The number of rotatable bonds is 4. The molecule has 100 valence electrons. The van der Waals surface area contributed by atoms with Gasteiger partial charge in [-0.05, 0) is 5.56 Å². The molecule has 0 unspecified atom stereocenters. The number of carbonyl (C=O) groups excluding carboxylic acids is 1. The first-order valence-electron chi connectivity index (χ1n) is 4.51. The van der Waals surface area contributed by atoms with E-state index in [1.54, 1.807) is 0 Å². The van der Waals surface area contributed by atoms with Crippen molar-refractivity contribution < 1.29 is 31.5 Å². The van der Waals surface area contributed by atoms with Gasteiger partial charge in [-0.1, -0.05) is 0 Å². The molecule has 0 spiro atoms. The highest BCUT2D eigenvalue weighted by atomic mass is 19.4. The van der Waals surface area contributed by atoms with E-state index in [1.165, 1.54) is 0 Å².